The molecule has 0 saturated heterocycles. The molecule has 0 aliphatic carbocycles. The lowest BCUT2D eigenvalue weighted by Gasteiger charge is -2.11. The van der Waals surface area contributed by atoms with Crippen molar-refractivity contribution in [2.45, 2.75) is 6.42 Å². The van der Waals surface area contributed by atoms with Crippen molar-refractivity contribution in [3.63, 3.8) is 0 Å². The standard InChI is InChI=1S/C16H15FO3/c1-19-15-8-4-7-13(16(15)20-2)14(18)10-11-5-3-6-12(17)9-11/h3-9H,10H2,1-2H3. The molecule has 2 rings (SSSR count). The zero-order chi connectivity index (χ0) is 14.5. The number of hydrogen-bond donors (Lipinski definition) is 0. The van der Waals surface area contributed by atoms with Gasteiger partial charge in [-0.25, -0.2) is 4.39 Å². The molecule has 20 heavy (non-hydrogen) atoms. The van der Waals surface area contributed by atoms with Crippen LogP contribution >= 0.6 is 0 Å². The molecule has 3 nitrogen and oxygen atoms in total. The van der Waals surface area contributed by atoms with Gasteiger partial charge >= 0.3 is 0 Å². The van der Waals surface area contributed by atoms with Gasteiger partial charge in [-0.05, 0) is 29.8 Å². The third-order valence-electron chi connectivity index (χ3n) is 2.96. The second-order valence-electron chi connectivity index (χ2n) is 4.27. The van der Waals surface area contributed by atoms with Crippen LogP contribution in [0, 0.1) is 5.82 Å². The maximum absolute atomic E-state index is 13.1. The van der Waals surface area contributed by atoms with Crippen molar-refractivity contribution < 1.29 is 18.7 Å². The lowest BCUT2D eigenvalue weighted by molar-refractivity contribution is 0.0989. The quantitative estimate of drug-likeness (QED) is 0.785. The van der Waals surface area contributed by atoms with Crippen LogP contribution in [0.3, 0.4) is 0 Å². The molecule has 0 aromatic heterocycles. The van der Waals surface area contributed by atoms with Gasteiger partial charge in [-0.2, -0.15) is 0 Å². The normalized spacial score (nSPS) is 10.2. The van der Waals surface area contributed by atoms with Crippen molar-refractivity contribution in [1.82, 2.24) is 0 Å². The van der Waals surface area contributed by atoms with Crippen LogP contribution in [-0.2, 0) is 6.42 Å². The van der Waals surface area contributed by atoms with Gasteiger partial charge in [0.05, 0.1) is 19.8 Å². The van der Waals surface area contributed by atoms with Crippen LogP contribution in [0.5, 0.6) is 11.5 Å². The number of benzene rings is 2. The Hall–Kier alpha value is -2.36. The highest BCUT2D eigenvalue weighted by Crippen LogP contribution is 2.31. The Balaban J connectivity index is 2.30. The first kappa shape index (κ1) is 14.1. The minimum Gasteiger partial charge on any atom is -0.493 e. The molecule has 0 bridgehead atoms. The van der Waals surface area contributed by atoms with Crippen LogP contribution in [-0.4, -0.2) is 20.0 Å². The zero-order valence-electron chi connectivity index (χ0n) is 11.4. The van der Waals surface area contributed by atoms with Crippen molar-refractivity contribution in [3.8, 4) is 11.5 Å². The van der Waals surface area contributed by atoms with Crippen LogP contribution in [0.15, 0.2) is 42.5 Å². The topological polar surface area (TPSA) is 35.5 Å². The Labute approximate surface area is 117 Å². The summed E-state index contributed by atoms with van der Waals surface area (Å²) in [6, 6.07) is 11.1. The van der Waals surface area contributed by atoms with E-state index in [0.717, 1.165) is 0 Å². The molecule has 104 valence electrons. The van der Waals surface area contributed by atoms with E-state index in [4.69, 9.17) is 9.47 Å². The summed E-state index contributed by atoms with van der Waals surface area (Å²) in [6.45, 7) is 0. The molecule has 2 aromatic carbocycles. The van der Waals surface area contributed by atoms with Crippen molar-refractivity contribution >= 4 is 5.78 Å². The smallest absolute Gasteiger partial charge is 0.171 e. The molecule has 0 spiro atoms. The van der Waals surface area contributed by atoms with E-state index in [0.29, 0.717) is 22.6 Å². The number of Topliss-reactive ketones (excluding diaryl/α,β-unsaturated/α-hetero) is 1. The first-order valence-electron chi connectivity index (χ1n) is 6.14. The monoisotopic (exact) mass is 274 g/mol. The van der Waals surface area contributed by atoms with Gasteiger partial charge in [0.25, 0.3) is 0 Å². The maximum Gasteiger partial charge on any atom is 0.171 e. The summed E-state index contributed by atoms with van der Waals surface area (Å²) in [4.78, 5) is 12.3. The van der Waals surface area contributed by atoms with E-state index in [-0.39, 0.29) is 18.0 Å². The van der Waals surface area contributed by atoms with Crippen molar-refractivity contribution in [2.24, 2.45) is 0 Å². The third kappa shape index (κ3) is 2.96. The first-order valence-corrected chi connectivity index (χ1v) is 6.14. The Morgan fingerprint density at radius 2 is 1.85 bits per heavy atom. The van der Waals surface area contributed by atoms with Crippen LogP contribution in [0.1, 0.15) is 15.9 Å². The summed E-state index contributed by atoms with van der Waals surface area (Å²) < 4.78 is 23.5. The van der Waals surface area contributed by atoms with E-state index in [1.54, 1.807) is 30.3 Å². The van der Waals surface area contributed by atoms with Gasteiger partial charge in [-0.3, -0.25) is 4.79 Å². The van der Waals surface area contributed by atoms with Crippen molar-refractivity contribution in [3.05, 3.63) is 59.4 Å². The number of carbonyl (C=O) groups excluding carboxylic acids is 1. The predicted molar refractivity (Wildman–Crippen MR) is 74.0 cm³/mol. The Morgan fingerprint density at radius 3 is 2.50 bits per heavy atom. The van der Waals surface area contributed by atoms with E-state index >= 15 is 0 Å². The van der Waals surface area contributed by atoms with E-state index in [1.807, 2.05) is 0 Å². The summed E-state index contributed by atoms with van der Waals surface area (Å²) in [6.07, 6.45) is 0.112. The highest BCUT2D eigenvalue weighted by atomic mass is 19.1. The number of hydrogen-bond acceptors (Lipinski definition) is 3. The van der Waals surface area contributed by atoms with E-state index < -0.39 is 0 Å². The molecular formula is C16H15FO3. The highest BCUT2D eigenvalue weighted by molar-refractivity contribution is 6.00. The minimum atomic E-state index is -0.354. The van der Waals surface area contributed by atoms with Crippen LogP contribution in [0.25, 0.3) is 0 Å². The second-order valence-corrected chi connectivity index (χ2v) is 4.27. The number of para-hydroxylation sites is 1. The molecular weight excluding hydrogens is 259 g/mol. The molecule has 0 aliphatic rings. The van der Waals surface area contributed by atoms with Crippen LogP contribution in [0.2, 0.25) is 0 Å². The number of ether oxygens (including phenoxy) is 2. The van der Waals surface area contributed by atoms with E-state index in [2.05, 4.69) is 0 Å². The van der Waals surface area contributed by atoms with Crippen molar-refractivity contribution in [2.75, 3.05) is 14.2 Å². The number of halogens is 1. The third-order valence-corrected chi connectivity index (χ3v) is 2.96. The number of rotatable bonds is 5. The summed E-state index contributed by atoms with van der Waals surface area (Å²) in [5.41, 5.74) is 1.05. The molecule has 0 atom stereocenters. The fourth-order valence-electron chi connectivity index (χ4n) is 2.03. The summed E-state index contributed by atoms with van der Waals surface area (Å²) in [5, 5.41) is 0. The SMILES string of the molecule is COc1cccc(C(=O)Cc2cccc(F)c2)c1OC. The van der Waals surface area contributed by atoms with Crippen LogP contribution in [0.4, 0.5) is 4.39 Å². The van der Waals surface area contributed by atoms with Gasteiger partial charge < -0.3 is 9.47 Å². The molecule has 0 saturated carbocycles. The zero-order valence-corrected chi connectivity index (χ0v) is 11.4. The molecule has 0 N–H and O–H groups in total. The molecule has 0 heterocycles. The van der Waals surface area contributed by atoms with Gasteiger partial charge in [0, 0.05) is 6.42 Å². The average Bonchev–Trinajstić information content (AvgIpc) is 2.46. The molecule has 0 unspecified atom stereocenters. The molecule has 2 aromatic rings. The number of methoxy groups -OCH3 is 2. The van der Waals surface area contributed by atoms with E-state index in [9.17, 15) is 9.18 Å². The van der Waals surface area contributed by atoms with Gasteiger partial charge in [0.2, 0.25) is 0 Å². The van der Waals surface area contributed by atoms with Gasteiger partial charge in [-0.15, -0.1) is 0 Å². The molecule has 0 radical (unpaired) electrons. The number of carbonyl (C=O) groups is 1. The fourth-order valence-corrected chi connectivity index (χ4v) is 2.03. The van der Waals surface area contributed by atoms with E-state index in [1.165, 1.54) is 26.4 Å². The molecule has 0 aliphatic heterocycles. The Morgan fingerprint density at radius 1 is 1.10 bits per heavy atom. The average molecular weight is 274 g/mol. The van der Waals surface area contributed by atoms with Gasteiger partial charge in [0.15, 0.2) is 17.3 Å². The lowest BCUT2D eigenvalue weighted by atomic mass is 10.0. The number of ketones is 1. The lowest BCUT2D eigenvalue weighted by Crippen LogP contribution is -2.07. The van der Waals surface area contributed by atoms with Gasteiger partial charge in [-0.1, -0.05) is 18.2 Å². The summed E-state index contributed by atoms with van der Waals surface area (Å²) >= 11 is 0. The van der Waals surface area contributed by atoms with Gasteiger partial charge in [0.1, 0.15) is 5.82 Å². The van der Waals surface area contributed by atoms with Crippen LogP contribution < -0.4 is 9.47 Å². The molecule has 0 fully saturated rings. The minimum absolute atomic E-state index is 0.112. The first-order chi connectivity index (χ1) is 9.65. The maximum atomic E-state index is 13.1. The van der Waals surface area contributed by atoms with Crippen molar-refractivity contribution in [1.29, 1.82) is 0 Å². The Bertz CT molecular complexity index is 623. The highest BCUT2D eigenvalue weighted by Gasteiger charge is 2.16. The fraction of sp³-hybridized carbons (Fsp3) is 0.188. The second kappa shape index (κ2) is 6.19. The largest absolute Gasteiger partial charge is 0.493 e. The predicted octanol–water partition coefficient (Wildman–Crippen LogP) is 3.27. The summed E-state index contributed by atoms with van der Waals surface area (Å²) in [7, 11) is 3.00. The Kier molecular flexibility index (Phi) is 4.35. The summed E-state index contributed by atoms with van der Waals surface area (Å²) in [5.74, 6) is 0.397. The molecule has 0 amide bonds. The molecule has 4 heteroatoms.